The third-order valence-electron chi connectivity index (χ3n) is 2.41. The fraction of sp³-hybridized carbons (Fsp3) is 0.167. The molecule has 0 aliphatic carbocycles. The molecular formula is C12H12FN3O. The van der Waals surface area contributed by atoms with Gasteiger partial charge in [-0.15, -0.1) is 0 Å². The number of rotatable bonds is 3. The monoisotopic (exact) mass is 233 g/mol. The van der Waals surface area contributed by atoms with Crippen molar-refractivity contribution in [3.63, 3.8) is 0 Å². The van der Waals surface area contributed by atoms with Gasteiger partial charge in [-0.25, -0.2) is 9.97 Å². The van der Waals surface area contributed by atoms with E-state index in [2.05, 4.69) is 9.97 Å². The molecule has 1 aromatic heterocycles. The van der Waals surface area contributed by atoms with Gasteiger partial charge in [-0.3, -0.25) is 0 Å². The highest BCUT2D eigenvalue weighted by molar-refractivity contribution is 5.66. The number of nitrogens with zero attached hydrogens (tertiary/aromatic N) is 3. The van der Waals surface area contributed by atoms with Crippen LogP contribution in [0.25, 0.3) is 0 Å². The minimum absolute atomic E-state index is 0.474. The zero-order valence-corrected chi connectivity index (χ0v) is 9.59. The quantitative estimate of drug-likeness (QED) is 0.763. The maximum Gasteiger partial charge on any atom is 0.218 e. The van der Waals surface area contributed by atoms with Crippen molar-refractivity contribution in [2.75, 3.05) is 19.1 Å². The van der Waals surface area contributed by atoms with Gasteiger partial charge in [0.25, 0.3) is 0 Å². The van der Waals surface area contributed by atoms with Crippen LogP contribution in [0.1, 0.15) is 0 Å². The molecule has 0 saturated carbocycles. The second-order valence-corrected chi connectivity index (χ2v) is 3.43. The Morgan fingerprint density at radius 2 is 2.00 bits per heavy atom. The third kappa shape index (κ3) is 2.33. The molecule has 0 atom stereocenters. The predicted molar refractivity (Wildman–Crippen MR) is 63.0 cm³/mol. The first-order chi connectivity index (χ1) is 8.22. The van der Waals surface area contributed by atoms with E-state index in [1.165, 1.54) is 12.4 Å². The summed E-state index contributed by atoms with van der Waals surface area (Å²) >= 11 is 0. The highest BCUT2D eigenvalue weighted by atomic mass is 19.1. The van der Waals surface area contributed by atoms with Crippen LogP contribution in [-0.4, -0.2) is 24.1 Å². The summed E-state index contributed by atoms with van der Waals surface area (Å²) in [6.45, 7) is 0. The molecule has 1 heterocycles. The molecule has 17 heavy (non-hydrogen) atoms. The Morgan fingerprint density at radius 3 is 2.71 bits per heavy atom. The van der Waals surface area contributed by atoms with Gasteiger partial charge in [0, 0.05) is 13.1 Å². The Hall–Kier alpha value is -2.17. The number of halogens is 1. The molecule has 0 fully saturated rings. The van der Waals surface area contributed by atoms with Crippen molar-refractivity contribution in [3.05, 3.63) is 42.6 Å². The van der Waals surface area contributed by atoms with Gasteiger partial charge in [0.1, 0.15) is 17.9 Å². The average Bonchev–Trinajstić information content (AvgIpc) is 2.38. The number of benzene rings is 1. The summed E-state index contributed by atoms with van der Waals surface area (Å²) in [5.41, 5.74) is 0.813. The minimum Gasteiger partial charge on any atom is -0.495 e. The van der Waals surface area contributed by atoms with Crippen LogP contribution < -0.4 is 9.64 Å². The molecule has 1 aromatic carbocycles. The second-order valence-electron chi connectivity index (χ2n) is 3.43. The van der Waals surface area contributed by atoms with Crippen molar-refractivity contribution in [3.8, 4) is 5.75 Å². The van der Waals surface area contributed by atoms with Gasteiger partial charge in [0.15, 0.2) is 0 Å². The van der Waals surface area contributed by atoms with Crippen LogP contribution in [0, 0.1) is 5.95 Å². The van der Waals surface area contributed by atoms with Crippen LogP contribution in [0.2, 0.25) is 0 Å². The third-order valence-corrected chi connectivity index (χ3v) is 2.41. The fourth-order valence-electron chi connectivity index (χ4n) is 1.54. The molecule has 0 bridgehead atoms. The predicted octanol–water partition coefficient (Wildman–Crippen LogP) is 2.39. The van der Waals surface area contributed by atoms with Gasteiger partial charge < -0.3 is 9.64 Å². The maximum absolute atomic E-state index is 13.0. The summed E-state index contributed by atoms with van der Waals surface area (Å²) in [5.74, 6) is 0.618. The molecule has 0 amide bonds. The van der Waals surface area contributed by atoms with Crippen LogP contribution in [0.5, 0.6) is 5.75 Å². The van der Waals surface area contributed by atoms with Crippen LogP contribution in [-0.2, 0) is 0 Å². The van der Waals surface area contributed by atoms with Gasteiger partial charge in [-0.1, -0.05) is 12.1 Å². The van der Waals surface area contributed by atoms with Crippen molar-refractivity contribution >= 4 is 11.5 Å². The SMILES string of the molecule is COc1ccccc1N(C)c1cc(F)ncn1. The topological polar surface area (TPSA) is 38.2 Å². The van der Waals surface area contributed by atoms with E-state index < -0.39 is 5.95 Å². The van der Waals surface area contributed by atoms with E-state index in [1.807, 2.05) is 24.3 Å². The molecule has 0 radical (unpaired) electrons. The molecule has 0 aliphatic heterocycles. The molecule has 5 heteroatoms. The fourth-order valence-corrected chi connectivity index (χ4v) is 1.54. The van der Waals surface area contributed by atoms with Gasteiger partial charge >= 0.3 is 0 Å². The Balaban J connectivity index is 2.40. The van der Waals surface area contributed by atoms with E-state index in [1.54, 1.807) is 19.1 Å². The molecule has 0 aliphatic rings. The van der Waals surface area contributed by atoms with Gasteiger partial charge in [-0.05, 0) is 12.1 Å². The molecule has 2 rings (SSSR count). The van der Waals surface area contributed by atoms with E-state index >= 15 is 0 Å². The van der Waals surface area contributed by atoms with Gasteiger partial charge in [0.05, 0.1) is 12.8 Å². The molecule has 0 unspecified atom stereocenters. The molecular weight excluding hydrogens is 221 g/mol. The Labute approximate surface area is 98.7 Å². The lowest BCUT2D eigenvalue weighted by Gasteiger charge is -2.20. The molecule has 2 aromatic rings. The van der Waals surface area contributed by atoms with Crippen molar-refractivity contribution in [2.24, 2.45) is 0 Å². The van der Waals surface area contributed by atoms with E-state index in [9.17, 15) is 4.39 Å². The summed E-state index contributed by atoms with van der Waals surface area (Å²) in [6.07, 6.45) is 1.19. The van der Waals surface area contributed by atoms with E-state index in [4.69, 9.17) is 4.74 Å². The molecule has 4 nitrogen and oxygen atoms in total. The summed E-state index contributed by atoms with van der Waals surface area (Å²) in [5, 5.41) is 0. The highest BCUT2D eigenvalue weighted by Gasteiger charge is 2.10. The van der Waals surface area contributed by atoms with Crippen molar-refractivity contribution in [1.82, 2.24) is 9.97 Å². The van der Waals surface area contributed by atoms with Crippen LogP contribution in [0.4, 0.5) is 15.9 Å². The normalized spacial score (nSPS) is 10.1. The molecule has 0 N–H and O–H groups in total. The van der Waals surface area contributed by atoms with Crippen LogP contribution >= 0.6 is 0 Å². The van der Waals surface area contributed by atoms with Gasteiger partial charge in [-0.2, -0.15) is 4.39 Å². The summed E-state index contributed by atoms with van der Waals surface area (Å²) in [6, 6.07) is 8.73. The number of para-hydroxylation sites is 2. The Kier molecular flexibility index (Phi) is 3.18. The van der Waals surface area contributed by atoms with E-state index in [0.717, 1.165) is 5.69 Å². The largest absolute Gasteiger partial charge is 0.495 e. The Morgan fingerprint density at radius 1 is 1.24 bits per heavy atom. The highest BCUT2D eigenvalue weighted by Crippen LogP contribution is 2.30. The van der Waals surface area contributed by atoms with E-state index in [-0.39, 0.29) is 0 Å². The number of anilines is 2. The number of aromatic nitrogens is 2. The zero-order valence-electron chi connectivity index (χ0n) is 9.59. The van der Waals surface area contributed by atoms with Gasteiger partial charge in [0.2, 0.25) is 5.95 Å². The first-order valence-electron chi connectivity index (χ1n) is 5.06. The van der Waals surface area contributed by atoms with Crippen molar-refractivity contribution in [1.29, 1.82) is 0 Å². The van der Waals surface area contributed by atoms with Crippen LogP contribution in [0.3, 0.4) is 0 Å². The standard InChI is InChI=1S/C12H12FN3O/c1-16(12-7-11(13)14-8-15-12)9-5-3-4-6-10(9)17-2/h3-8H,1-2H3. The van der Waals surface area contributed by atoms with Crippen molar-refractivity contribution < 1.29 is 9.13 Å². The summed E-state index contributed by atoms with van der Waals surface area (Å²) in [7, 11) is 3.38. The van der Waals surface area contributed by atoms with E-state index in [0.29, 0.717) is 11.6 Å². The lowest BCUT2D eigenvalue weighted by Crippen LogP contribution is -2.12. The number of hydrogen-bond donors (Lipinski definition) is 0. The minimum atomic E-state index is -0.559. The maximum atomic E-state index is 13.0. The lowest BCUT2D eigenvalue weighted by molar-refractivity contribution is 0.415. The van der Waals surface area contributed by atoms with Crippen LogP contribution in [0.15, 0.2) is 36.7 Å². The lowest BCUT2D eigenvalue weighted by atomic mass is 10.2. The number of methoxy groups -OCH3 is 1. The number of ether oxygens (including phenoxy) is 1. The zero-order chi connectivity index (χ0) is 12.3. The Bertz CT molecular complexity index is 519. The summed E-state index contributed by atoms with van der Waals surface area (Å²) in [4.78, 5) is 9.17. The molecule has 0 spiro atoms. The second kappa shape index (κ2) is 4.78. The van der Waals surface area contributed by atoms with Crippen molar-refractivity contribution in [2.45, 2.75) is 0 Å². The first-order valence-corrected chi connectivity index (χ1v) is 5.06. The molecule has 0 saturated heterocycles. The number of hydrogen-bond acceptors (Lipinski definition) is 4. The summed E-state index contributed by atoms with van der Waals surface area (Å²) < 4.78 is 18.3. The average molecular weight is 233 g/mol. The molecule has 88 valence electrons. The smallest absolute Gasteiger partial charge is 0.218 e. The first kappa shape index (κ1) is 11.3.